The first-order chi connectivity index (χ1) is 15.0. The molecule has 0 bridgehead atoms. The molecular weight excluding hydrogens is 384 g/mol. The summed E-state index contributed by atoms with van der Waals surface area (Å²) in [7, 11) is 3.98. The van der Waals surface area contributed by atoms with Crippen LogP contribution >= 0.6 is 0 Å². The molecule has 1 amide bonds. The molecule has 0 saturated carbocycles. The molecule has 0 fully saturated rings. The number of carbonyl (C=O) groups is 2. The van der Waals surface area contributed by atoms with Crippen LogP contribution in [0, 0.1) is 5.92 Å². The molecule has 0 heterocycles. The summed E-state index contributed by atoms with van der Waals surface area (Å²) < 4.78 is 0. The molecule has 0 radical (unpaired) electrons. The number of nitrogens with one attached hydrogen (secondary N) is 1. The molecule has 4 rings (SSSR count). The van der Waals surface area contributed by atoms with Crippen LogP contribution in [0.1, 0.15) is 23.5 Å². The van der Waals surface area contributed by atoms with Crippen molar-refractivity contribution in [3.8, 4) is 0 Å². The summed E-state index contributed by atoms with van der Waals surface area (Å²) in [5, 5.41) is 2.93. The number of nitrogens with zero attached hydrogens (tertiary/aromatic N) is 1. The molecule has 31 heavy (non-hydrogen) atoms. The van der Waals surface area contributed by atoms with Crippen molar-refractivity contribution in [2.24, 2.45) is 5.92 Å². The van der Waals surface area contributed by atoms with Gasteiger partial charge in [-0.05, 0) is 53.5 Å². The fraction of sp³-hybridized carbons (Fsp3) is 0.185. The third-order valence-corrected chi connectivity index (χ3v) is 5.77. The van der Waals surface area contributed by atoms with E-state index < -0.39 is 5.92 Å². The van der Waals surface area contributed by atoms with Crippen molar-refractivity contribution in [1.29, 1.82) is 0 Å². The standard InChI is InChI=1S/C27H26N2O2/c1-29(2)23-15-13-20(14-16-23)24-17-21(19-9-5-3-6-10-19)18-25(30)26(24)27(31)28-22-11-7-4-8-12-22/h3-16,18,24,26H,17H2,1-2H3,(H,28,31)/t24-,26-/m0/s1. The molecule has 1 N–H and O–H groups in total. The minimum Gasteiger partial charge on any atom is -0.378 e. The van der Waals surface area contributed by atoms with Crippen LogP contribution in [0.25, 0.3) is 5.57 Å². The highest BCUT2D eigenvalue weighted by Gasteiger charge is 2.38. The molecular formula is C27H26N2O2. The van der Waals surface area contributed by atoms with E-state index in [0.717, 1.165) is 22.4 Å². The summed E-state index contributed by atoms with van der Waals surface area (Å²) in [5.41, 5.74) is 4.76. The van der Waals surface area contributed by atoms with Gasteiger partial charge in [-0.2, -0.15) is 0 Å². The number of rotatable bonds is 5. The lowest BCUT2D eigenvalue weighted by atomic mass is 9.73. The molecule has 3 aromatic rings. The summed E-state index contributed by atoms with van der Waals surface area (Å²) in [5.74, 6) is -1.41. The van der Waals surface area contributed by atoms with Crippen LogP contribution in [0.5, 0.6) is 0 Å². The summed E-state index contributed by atoms with van der Waals surface area (Å²) in [6.45, 7) is 0. The molecule has 1 aliphatic carbocycles. The van der Waals surface area contributed by atoms with Crippen LogP contribution in [-0.4, -0.2) is 25.8 Å². The number of amides is 1. The van der Waals surface area contributed by atoms with Gasteiger partial charge in [0.15, 0.2) is 5.78 Å². The van der Waals surface area contributed by atoms with Gasteiger partial charge in [-0.3, -0.25) is 9.59 Å². The lowest BCUT2D eigenvalue weighted by Crippen LogP contribution is -2.36. The Hall–Kier alpha value is -3.66. The van der Waals surface area contributed by atoms with Gasteiger partial charge < -0.3 is 10.2 Å². The minimum absolute atomic E-state index is 0.153. The largest absolute Gasteiger partial charge is 0.378 e. The van der Waals surface area contributed by atoms with Gasteiger partial charge >= 0.3 is 0 Å². The fourth-order valence-corrected chi connectivity index (χ4v) is 4.11. The molecule has 4 heteroatoms. The van der Waals surface area contributed by atoms with Crippen molar-refractivity contribution >= 4 is 28.6 Å². The van der Waals surface area contributed by atoms with Crippen molar-refractivity contribution < 1.29 is 9.59 Å². The average Bonchev–Trinajstić information content (AvgIpc) is 2.79. The van der Waals surface area contributed by atoms with Gasteiger partial charge in [-0.25, -0.2) is 0 Å². The topological polar surface area (TPSA) is 49.4 Å². The highest BCUT2D eigenvalue weighted by atomic mass is 16.2. The van der Waals surface area contributed by atoms with Crippen LogP contribution < -0.4 is 10.2 Å². The normalized spacial score (nSPS) is 18.3. The summed E-state index contributed by atoms with van der Waals surface area (Å²) in [4.78, 5) is 28.5. The molecule has 0 unspecified atom stereocenters. The average molecular weight is 411 g/mol. The van der Waals surface area contributed by atoms with Gasteiger partial charge in [0, 0.05) is 31.4 Å². The van der Waals surface area contributed by atoms with Gasteiger partial charge in [0.25, 0.3) is 0 Å². The van der Waals surface area contributed by atoms with Gasteiger partial charge in [-0.15, -0.1) is 0 Å². The van der Waals surface area contributed by atoms with E-state index in [1.165, 1.54) is 0 Å². The number of benzene rings is 3. The predicted octanol–water partition coefficient (Wildman–Crippen LogP) is 5.15. The van der Waals surface area contributed by atoms with Crippen LogP contribution in [0.2, 0.25) is 0 Å². The molecule has 3 aromatic carbocycles. The zero-order chi connectivity index (χ0) is 21.8. The maximum absolute atomic E-state index is 13.2. The molecule has 0 saturated heterocycles. The number of hydrogen-bond donors (Lipinski definition) is 1. The van der Waals surface area contributed by atoms with Crippen molar-refractivity contribution in [1.82, 2.24) is 0 Å². The summed E-state index contributed by atoms with van der Waals surface area (Å²) >= 11 is 0. The number of carbonyl (C=O) groups excluding carboxylic acids is 2. The van der Waals surface area contributed by atoms with Gasteiger partial charge in [0.1, 0.15) is 5.92 Å². The number of allylic oxidation sites excluding steroid dienone is 2. The predicted molar refractivity (Wildman–Crippen MR) is 126 cm³/mol. The van der Waals surface area contributed by atoms with E-state index in [2.05, 4.69) is 5.32 Å². The fourth-order valence-electron chi connectivity index (χ4n) is 4.11. The Kier molecular flexibility index (Phi) is 5.99. The van der Waals surface area contributed by atoms with Gasteiger partial charge in [-0.1, -0.05) is 60.7 Å². The second kappa shape index (κ2) is 9.00. The zero-order valence-corrected chi connectivity index (χ0v) is 17.8. The Bertz CT molecular complexity index is 1090. The van der Waals surface area contributed by atoms with Gasteiger partial charge in [0.2, 0.25) is 5.91 Å². The van der Waals surface area contributed by atoms with E-state index in [-0.39, 0.29) is 17.6 Å². The lowest BCUT2D eigenvalue weighted by molar-refractivity contribution is -0.129. The second-order valence-electron chi connectivity index (χ2n) is 8.07. The van der Waals surface area contributed by atoms with Crippen molar-refractivity contribution in [3.05, 3.63) is 102 Å². The number of anilines is 2. The van der Waals surface area contributed by atoms with Crippen LogP contribution in [0.4, 0.5) is 11.4 Å². The summed E-state index contributed by atoms with van der Waals surface area (Å²) in [6, 6.07) is 27.3. The first kappa shape index (κ1) is 20.6. The molecule has 1 aliphatic rings. The molecule has 0 spiro atoms. The lowest BCUT2D eigenvalue weighted by Gasteiger charge is -2.30. The summed E-state index contributed by atoms with van der Waals surface area (Å²) in [6.07, 6.45) is 2.28. The minimum atomic E-state index is -0.766. The maximum atomic E-state index is 13.2. The Morgan fingerprint density at radius 3 is 2.10 bits per heavy atom. The Morgan fingerprint density at radius 2 is 1.48 bits per heavy atom. The zero-order valence-electron chi connectivity index (χ0n) is 17.8. The van der Waals surface area contributed by atoms with E-state index in [1.54, 1.807) is 6.08 Å². The van der Waals surface area contributed by atoms with Crippen molar-refractivity contribution in [2.75, 3.05) is 24.3 Å². The molecule has 0 aliphatic heterocycles. The van der Waals surface area contributed by atoms with Crippen LogP contribution in [-0.2, 0) is 9.59 Å². The van der Waals surface area contributed by atoms with Gasteiger partial charge in [0.05, 0.1) is 0 Å². The SMILES string of the molecule is CN(C)c1ccc([C@@H]2CC(c3ccccc3)=CC(=O)[C@H]2C(=O)Nc2ccccc2)cc1. The van der Waals surface area contributed by atoms with E-state index in [1.807, 2.05) is 104 Å². The van der Waals surface area contributed by atoms with Crippen LogP contribution in [0.3, 0.4) is 0 Å². The molecule has 156 valence electrons. The molecule has 4 nitrogen and oxygen atoms in total. The third-order valence-electron chi connectivity index (χ3n) is 5.77. The number of para-hydroxylation sites is 1. The van der Waals surface area contributed by atoms with E-state index in [9.17, 15) is 9.59 Å². The van der Waals surface area contributed by atoms with E-state index >= 15 is 0 Å². The van der Waals surface area contributed by atoms with Crippen LogP contribution in [0.15, 0.2) is 91.0 Å². The first-order valence-electron chi connectivity index (χ1n) is 10.5. The molecule has 2 atom stereocenters. The Labute approximate surface area is 183 Å². The smallest absolute Gasteiger partial charge is 0.235 e. The monoisotopic (exact) mass is 410 g/mol. The molecule has 0 aromatic heterocycles. The third kappa shape index (κ3) is 4.58. The van der Waals surface area contributed by atoms with E-state index in [4.69, 9.17) is 0 Å². The van der Waals surface area contributed by atoms with Crippen molar-refractivity contribution in [2.45, 2.75) is 12.3 Å². The highest BCUT2D eigenvalue weighted by molar-refractivity contribution is 6.15. The Balaban J connectivity index is 1.70. The maximum Gasteiger partial charge on any atom is 0.235 e. The van der Waals surface area contributed by atoms with E-state index in [0.29, 0.717) is 12.1 Å². The highest BCUT2D eigenvalue weighted by Crippen LogP contribution is 2.40. The first-order valence-corrected chi connectivity index (χ1v) is 10.5. The quantitative estimate of drug-likeness (QED) is 0.592. The van der Waals surface area contributed by atoms with Crippen molar-refractivity contribution in [3.63, 3.8) is 0 Å². The number of hydrogen-bond acceptors (Lipinski definition) is 3. The number of ketones is 1. The Morgan fingerprint density at radius 1 is 0.871 bits per heavy atom. The second-order valence-corrected chi connectivity index (χ2v) is 8.07.